The molecule has 7 nitrogen and oxygen atoms in total. The standard InChI is InChI=1S/C24H24O7/c25-16(13-29-17-10-8-15(9-11-17)12-22(26)27)14-30-20-6-3-7-21-23(20)18-4-1-2-5-19(18)24(28)31-21/h3,6-11,16,25H,1-2,4-5,12-14H2,(H,26,27). The molecular weight excluding hydrogens is 400 g/mol. The summed E-state index contributed by atoms with van der Waals surface area (Å²) >= 11 is 0. The summed E-state index contributed by atoms with van der Waals surface area (Å²) in [6.07, 6.45) is 2.58. The highest BCUT2D eigenvalue weighted by Gasteiger charge is 2.21. The maximum Gasteiger partial charge on any atom is 0.339 e. The number of benzene rings is 2. The van der Waals surface area contributed by atoms with Gasteiger partial charge in [0.05, 0.1) is 11.8 Å². The van der Waals surface area contributed by atoms with Crippen molar-refractivity contribution in [3.8, 4) is 11.5 Å². The Morgan fingerprint density at radius 1 is 1.00 bits per heavy atom. The van der Waals surface area contributed by atoms with Crippen molar-refractivity contribution in [2.75, 3.05) is 13.2 Å². The fourth-order valence-corrected chi connectivity index (χ4v) is 3.89. The molecule has 0 bridgehead atoms. The van der Waals surface area contributed by atoms with E-state index in [0.717, 1.165) is 35.8 Å². The minimum absolute atomic E-state index is 0.0180. The third-order valence-electron chi connectivity index (χ3n) is 5.36. The lowest BCUT2D eigenvalue weighted by Gasteiger charge is -2.19. The summed E-state index contributed by atoms with van der Waals surface area (Å²) in [6.45, 7) is 0.0420. The number of aliphatic hydroxyl groups excluding tert-OH is 1. The molecule has 0 radical (unpaired) electrons. The molecule has 4 rings (SSSR count). The van der Waals surface area contributed by atoms with Crippen LogP contribution in [-0.2, 0) is 24.1 Å². The molecule has 7 heteroatoms. The van der Waals surface area contributed by atoms with Crippen molar-refractivity contribution in [3.63, 3.8) is 0 Å². The first kappa shape index (κ1) is 20.9. The van der Waals surface area contributed by atoms with E-state index in [1.807, 2.05) is 6.07 Å². The molecule has 2 aromatic carbocycles. The minimum Gasteiger partial charge on any atom is -0.491 e. The lowest BCUT2D eigenvalue weighted by Crippen LogP contribution is -2.25. The molecule has 0 fully saturated rings. The number of carboxylic acid groups (broad SMARTS) is 1. The van der Waals surface area contributed by atoms with E-state index in [4.69, 9.17) is 19.0 Å². The Kier molecular flexibility index (Phi) is 6.23. The molecule has 0 saturated heterocycles. The van der Waals surface area contributed by atoms with Crippen molar-refractivity contribution in [2.24, 2.45) is 0 Å². The second-order valence-electron chi connectivity index (χ2n) is 7.67. The SMILES string of the molecule is O=C(O)Cc1ccc(OCC(O)COc2cccc3oc(=O)c4c(c23)CCCC4)cc1. The molecule has 31 heavy (non-hydrogen) atoms. The van der Waals surface area contributed by atoms with E-state index in [1.54, 1.807) is 36.4 Å². The van der Waals surface area contributed by atoms with Crippen LogP contribution in [0.25, 0.3) is 11.0 Å². The van der Waals surface area contributed by atoms with Gasteiger partial charge < -0.3 is 24.1 Å². The second kappa shape index (κ2) is 9.22. The largest absolute Gasteiger partial charge is 0.491 e. The Balaban J connectivity index is 1.41. The van der Waals surface area contributed by atoms with Gasteiger partial charge in [0, 0.05) is 5.56 Å². The number of ether oxygens (including phenoxy) is 2. The van der Waals surface area contributed by atoms with E-state index in [9.17, 15) is 14.7 Å². The molecule has 1 unspecified atom stereocenters. The fourth-order valence-electron chi connectivity index (χ4n) is 3.89. The molecule has 3 aromatic rings. The molecule has 1 atom stereocenters. The van der Waals surface area contributed by atoms with E-state index in [-0.39, 0.29) is 25.3 Å². The number of carboxylic acids is 1. The lowest BCUT2D eigenvalue weighted by molar-refractivity contribution is -0.136. The van der Waals surface area contributed by atoms with Crippen LogP contribution in [0.15, 0.2) is 51.7 Å². The molecule has 0 saturated carbocycles. The van der Waals surface area contributed by atoms with Gasteiger partial charge in [0.1, 0.15) is 36.4 Å². The number of aliphatic hydroxyl groups is 1. The highest BCUT2D eigenvalue weighted by Crippen LogP contribution is 2.33. The predicted octanol–water partition coefficient (Wildman–Crippen LogP) is 3.12. The Bertz CT molecular complexity index is 1130. The quantitative estimate of drug-likeness (QED) is 0.535. The van der Waals surface area contributed by atoms with Gasteiger partial charge in [-0.1, -0.05) is 18.2 Å². The van der Waals surface area contributed by atoms with Gasteiger partial charge in [0.15, 0.2) is 0 Å². The molecule has 0 aliphatic heterocycles. The first-order valence-corrected chi connectivity index (χ1v) is 10.3. The van der Waals surface area contributed by atoms with Crippen LogP contribution in [0.5, 0.6) is 11.5 Å². The van der Waals surface area contributed by atoms with Gasteiger partial charge >= 0.3 is 11.6 Å². The molecule has 1 aromatic heterocycles. The third kappa shape index (κ3) is 4.88. The minimum atomic E-state index is -0.893. The molecule has 2 N–H and O–H groups in total. The summed E-state index contributed by atoms with van der Waals surface area (Å²) < 4.78 is 16.9. The summed E-state index contributed by atoms with van der Waals surface area (Å²) in [5.74, 6) is 0.223. The van der Waals surface area contributed by atoms with E-state index < -0.39 is 12.1 Å². The summed E-state index contributed by atoms with van der Waals surface area (Å²) in [5.41, 5.74) is 2.61. The molecule has 0 amide bonds. The van der Waals surface area contributed by atoms with Crippen LogP contribution in [0.2, 0.25) is 0 Å². The first-order chi connectivity index (χ1) is 15.0. The monoisotopic (exact) mass is 424 g/mol. The molecule has 0 spiro atoms. The van der Waals surface area contributed by atoms with Crippen LogP contribution in [0.3, 0.4) is 0 Å². The lowest BCUT2D eigenvalue weighted by atomic mass is 9.90. The fraction of sp³-hybridized carbons (Fsp3) is 0.333. The average molecular weight is 424 g/mol. The van der Waals surface area contributed by atoms with Gasteiger partial charge in [0.25, 0.3) is 0 Å². The van der Waals surface area contributed by atoms with Gasteiger partial charge in [-0.3, -0.25) is 4.79 Å². The van der Waals surface area contributed by atoms with Crippen LogP contribution in [0.4, 0.5) is 0 Å². The maximum atomic E-state index is 12.3. The van der Waals surface area contributed by atoms with Gasteiger partial charge in [0.2, 0.25) is 0 Å². The molecule has 1 aliphatic carbocycles. The van der Waals surface area contributed by atoms with Crippen LogP contribution in [0.1, 0.15) is 29.5 Å². The van der Waals surface area contributed by atoms with Gasteiger partial charge in [-0.25, -0.2) is 4.79 Å². The number of aryl methyl sites for hydroxylation is 1. The maximum absolute atomic E-state index is 12.3. The van der Waals surface area contributed by atoms with Crippen molar-refractivity contribution >= 4 is 16.9 Å². The van der Waals surface area contributed by atoms with Crippen molar-refractivity contribution in [2.45, 2.75) is 38.2 Å². The second-order valence-corrected chi connectivity index (χ2v) is 7.67. The van der Waals surface area contributed by atoms with Crippen molar-refractivity contribution in [1.82, 2.24) is 0 Å². The Morgan fingerprint density at radius 2 is 1.71 bits per heavy atom. The van der Waals surface area contributed by atoms with Crippen LogP contribution in [-0.4, -0.2) is 35.5 Å². The highest BCUT2D eigenvalue weighted by molar-refractivity contribution is 5.87. The van der Waals surface area contributed by atoms with Crippen LogP contribution >= 0.6 is 0 Å². The molecule has 162 valence electrons. The van der Waals surface area contributed by atoms with E-state index >= 15 is 0 Å². The number of hydrogen-bond acceptors (Lipinski definition) is 6. The number of rotatable bonds is 8. The van der Waals surface area contributed by atoms with E-state index in [2.05, 4.69) is 0 Å². The van der Waals surface area contributed by atoms with Crippen LogP contribution in [0, 0.1) is 0 Å². The summed E-state index contributed by atoms with van der Waals surface area (Å²) in [7, 11) is 0. The van der Waals surface area contributed by atoms with E-state index in [1.165, 1.54) is 0 Å². The summed E-state index contributed by atoms with van der Waals surface area (Å²) in [4.78, 5) is 23.0. The van der Waals surface area contributed by atoms with Crippen LogP contribution < -0.4 is 15.1 Å². The van der Waals surface area contributed by atoms with Gasteiger partial charge in [-0.2, -0.15) is 0 Å². The zero-order valence-electron chi connectivity index (χ0n) is 17.0. The van der Waals surface area contributed by atoms with Crippen molar-refractivity contribution in [3.05, 3.63) is 69.6 Å². The smallest absolute Gasteiger partial charge is 0.339 e. The molecular formula is C24H24O7. The highest BCUT2D eigenvalue weighted by atomic mass is 16.5. The first-order valence-electron chi connectivity index (χ1n) is 10.3. The molecule has 1 heterocycles. The Hall–Kier alpha value is -3.32. The Morgan fingerprint density at radius 3 is 2.45 bits per heavy atom. The summed E-state index contributed by atoms with van der Waals surface area (Å²) in [6, 6.07) is 12.0. The van der Waals surface area contributed by atoms with E-state index in [0.29, 0.717) is 29.1 Å². The number of fused-ring (bicyclic) bond motifs is 3. The zero-order chi connectivity index (χ0) is 21.8. The third-order valence-corrected chi connectivity index (χ3v) is 5.36. The molecule has 1 aliphatic rings. The van der Waals surface area contributed by atoms with Gasteiger partial charge in [-0.15, -0.1) is 0 Å². The number of aliphatic carboxylic acids is 1. The van der Waals surface area contributed by atoms with Gasteiger partial charge in [-0.05, 0) is 61.1 Å². The summed E-state index contributed by atoms with van der Waals surface area (Å²) in [5, 5.41) is 19.9. The Labute approximate surface area is 178 Å². The topological polar surface area (TPSA) is 106 Å². The number of hydrogen-bond donors (Lipinski definition) is 2. The zero-order valence-corrected chi connectivity index (χ0v) is 17.0. The van der Waals surface area contributed by atoms with Crippen molar-refractivity contribution < 1.29 is 28.9 Å². The number of carbonyl (C=O) groups is 1. The normalized spacial score (nSPS) is 14.1. The predicted molar refractivity (Wildman–Crippen MR) is 114 cm³/mol. The average Bonchev–Trinajstić information content (AvgIpc) is 2.77. The van der Waals surface area contributed by atoms with Crippen molar-refractivity contribution in [1.29, 1.82) is 0 Å².